The van der Waals surface area contributed by atoms with Gasteiger partial charge in [0.25, 0.3) is 0 Å². The molecule has 0 spiro atoms. The van der Waals surface area contributed by atoms with Gasteiger partial charge in [-0.1, -0.05) is 0 Å². The van der Waals surface area contributed by atoms with E-state index in [9.17, 15) is 4.79 Å². The molecule has 0 bridgehead atoms. The molecule has 1 aromatic carbocycles. The van der Waals surface area contributed by atoms with Crippen LogP contribution in [0.25, 0.3) is 22.3 Å². The minimum absolute atomic E-state index is 0.294. The second kappa shape index (κ2) is 8.18. The average Bonchev–Trinajstić information content (AvgIpc) is 3.40. The second-order valence-electron chi connectivity index (χ2n) is 8.40. The largest absolute Gasteiger partial charge is 0.493 e. The molecule has 1 saturated heterocycles. The molecule has 5 rings (SSSR count). The fourth-order valence-corrected chi connectivity index (χ4v) is 4.08. The number of carbonyl (C=O) groups excluding carboxylic acids is 1. The molecule has 8 heteroatoms. The molecule has 1 aliphatic carbocycles. The molecule has 3 heterocycles. The van der Waals surface area contributed by atoms with Gasteiger partial charge < -0.3 is 23.9 Å². The van der Waals surface area contributed by atoms with Crippen LogP contribution < -0.4 is 4.74 Å². The van der Waals surface area contributed by atoms with Crippen molar-refractivity contribution in [3.05, 3.63) is 41.3 Å². The third-order valence-corrected chi connectivity index (χ3v) is 6.02. The van der Waals surface area contributed by atoms with Crippen molar-refractivity contribution in [3.63, 3.8) is 0 Å². The maximum absolute atomic E-state index is 12.5. The van der Waals surface area contributed by atoms with Gasteiger partial charge in [0.05, 0.1) is 31.9 Å². The van der Waals surface area contributed by atoms with E-state index in [0.717, 1.165) is 16.9 Å². The lowest BCUT2D eigenvalue weighted by Crippen LogP contribution is -2.22. The van der Waals surface area contributed by atoms with E-state index in [1.165, 1.54) is 19.2 Å². The van der Waals surface area contributed by atoms with Crippen LogP contribution in [0.15, 0.2) is 24.5 Å². The maximum Gasteiger partial charge on any atom is 0.342 e. The Morgan fingerprint density at radius 2 is 2.03 bits per heavy atom. The van der Waals surface area contributed by atoms with Crippen LogP contribution in [0.4, 0.5) is 0 Å². The highest BCUT2D eigenvalue weighted by molar-refractivity contribution is 6.07. The maximum atomic E-state index is 12.5. The van der Waals surface area contributed by atoms with Crippen molar-refractivity contribution < 1.29 is 23.7 Å². The first kappa shape index (κ1) is 20.9. The molecule has 8 nitrogen and oxygen atoms in total. The van der Waals surface area contributed by atoms with E-state index in [1.807, 2.05) is 32.0 Å². The molecule has 2 fully saturated rings. The monoisotopic (exact) mass is 437 g/mol. The van der Waals surface area contributed by atoms with Crippen LogP contribution in [0, 0.1) is 12.8 Å². The summed E-state index contributed by atoms with van der Waals surface area (Å²) in [5.41, 5.74) is 4.64. The van der Waals surface area contributed by atoms with Crippen LogP contribution >= 0.6 is 0 Å². The molecule has 3 aromatic rings. The van der Waals surface area contributed by atoms with E-state index in [-0.39, 0.29) is 0 Å². The molecule has 2 aliphatic rings. The standard InChI is InChI=1S/C24H27N3O5/c1-4-29-23(28)19-14(2)27-22-20(25-13-26-21(19)22)17-11-16(24(3)31-9-10-32-24)7-8-18(17)30-12-15-5-6-15/h7-8,11,13,15,27H,4-6,9-10,12H2,1-3H3. The molecule has 2 aromatic heterocycles. The number of rotatable bonds is 7. The predicted octanol–water partition coefficient (Wildman–Crippen LogP) is 4.12. The number of aryl methyl sites for hydroxylation is 1. The molecule has 32 heavy (non-hydrogen) atoms. The van der Waals surface area contributed by atoms with Crippen molar-refractivity contribution >= 4 is 17.0 Å². The number of hydrogen-bond donors (Lipinski definition) is 1. The summed E-state index contributed by atoms with van der Waals surface area (Å²) in [5.74, 6) is 0.111. The smallest absolute Gasteiger partial charge is 0.342 e. The zero-order valence-electron chi connectivity index (χ0n) is 18.6. The third kappa shape index (κ3) is 3.73. The fourth-order valence-electron chi connectivity index (χ4n) is 4.08. The first-order valence-electron chi connectivity index (χ1n) is 11.1. The molecule has 1 aliphatic heterocycles. The number of nitrogens with zero attached hydrogens (tertiary/aromatic N) is 2. The molecule has 0 atom stereocenters. The summed E-state index contributed by atoms with van der Waals surface area (Å²) in [4.78, 5) is 24.8. The van der Waals surface area contributed by atoms with E-state index in [4.69, 9.17) is 18.9 Å². The van der Waals surface area contributed by atoms with E-state index < -0.39 is 11.8 Å². The molecule has 168 valence electrons. The van der Waals surface area contributed by atoms with Crippen LogP contribution in [-0.2, 0) is 20.0 Å². The molecule has 1 saturated carbocycles. The Morgan fingerprint density at radius 3 is 2.75 bits per heavy atom. The van der Waals surface area contributed by atoms with Crippen LogP contribution in [0.5, 0.6) is 5.75 Å². The van der Waals surface area contributed by atoms with Gasteiger partial charge in [-0.25, -0.2) is 14.8 Å². The number of H-pyrrole nitrogens is 1. The third-order valence-electron chi connectivity index (χ3n) is 6.02. The normalized spacial score (nSPS) is 17.6. The lowest BCUT2D eigenvalue weighted by atomic mass is 10.0. The summed E-state index contributed by atoms with van der Waals surface area (Å²) in [7, 11) is 0. The molecular weight excluding hydrogens is 410 g/mol. The number of esters is 1. The minimum atomic E-state index is -0.822. The Balaban J connectivity index is 1.64. The first-order valence-corrected chi connectivity index (χ1v) is 11.1. The minimum Gasteiger partial charge on any atom is -0.493 e. The Kier molecular flexibility index (Phi) is 5.35. The van der Waals surface area contributed by atoms with Gasteiger partial charge in [0, 0.05) is 16.8 Å². The highest BCUT2D eigenvalue weighted by atomic mass is 16.7. The van der Waals surface area contributed by atoms with Gasteiger partial charge in [-0.3, -0.25) is 0 Å². The Hall–Kier alpha value is -2.97. The summed E-state index contributed by atoms with van der Waals surface area (Å²) in [6.45, 7) is 7.58. The number of nitrogens with one attached hydrogen (secondary N) is 1. The van der Waals surface area contributed by atoms with Gasteiger partial charge in [0.15, 0.2) is 5.79 Å². The van der Waals surface area contributed by atoms with Crippen molar-refractivity contribution in [2.24, 2.45) is 5.92 Å². The summed E-state index contributed by atoms with van der Waals surface area (Å²) in [6, 6.07) is 5.91. The van der Waals surface area contributed by atoms with Gasteiger partial charge >= 0.3 is 5.97 Å². The number of carbonyl (C=O) groups is 1. The van der Waals surface area contributed by atoms with Crippen LogP contribution in [0.1, 0.15) is 48.3 Å². The highest BCUT2D eigenvalue weighted by Gasteiger charge is 2.34. The SMILES string of the molecule is CCOC(=O)c1c(C)[nH]c2c(-c3cc(C4(C)OCCO4)ccc3OCC3CC3)ncnc12. The number of ether oxygens (including phenoxy) is 4. The number of fused-ring (bicyclic) bond motifs is 1. The average molecular weight is 437 g/mol. The fraction of sp³-hybridized carbons (Fsp3) is 0.458. The predicted molar refractivity (Wildman–Crippen MR) is 117 cm³/mol. The van der Waals surface area contributed by atoms with E-state index in [2.05, 4.69) is 15.0 Å². The van der Waals surface area contributed by atoms with E-state index in [1.54, 1.807) is 6.92 Å². The van der Waals surface area contributed by atoms with Crippen molar-refractivity contribution in [2.75, 3.05) is 26.4 Å². The van der Waals surface area contributed by atoms with E-state index in [0.29, 0.717) is 60.3 Å². The molecular formula is C24H27N3O5. The van der Waals surface area contributed by atoms with Gasteiger partial charge in [0.2, 0.25) is 0 Å². The van der Waals surface area contributed by atoms with Gasteiger partial charge in [-0.2, -0.15) is 0 Å². The second-order valence-corrected chi connectivity index (χ2v) is 8.40. The first-order chi connectivity index (χ1) is 15.5. The molecule has 0 amide bonds. The van der Waals surface area contributed by atoms with Crippen LogP contribution in [0.3, 0.4) is 0 Å². The summed E-state index contributed by atoms with van der Waals surface area (Å²) >= 11 is 0. The summed E-state index contributed by atoms with van der Waals surface area (Å²) in [6.07, 6.45) is 3.86. The van der Waals surface area contributed by atoms with Gasteiger partial charge in [-0.05, 0) is 57.7 Å². The van der Waals surface area contributed by atoms with Crippen molar-refractivity contribution in [1.29, 1.82) is 0 Å². The number of benzene rings is 1. The van der Waals surface area contributed by atoms with Crippen molar-refractivity contribution in [1.82, 2.24) is 15.0 Å². The van der Waals surface area contributed by atoms with E-state index >= 15 is 0 Å². The van der Waals surface area contributed by atoms with Crippen molar-refractivity contribution in [3.8, 4) is 17.0 Å². The molecule has 0 radical (unpaired) electrons. The van der Waals surface area contributed by atoms with Crippen molar-refractivity contribution in [2.45, 2.75) is 39.4 Å². The number of hydrogen-bond acceptors (Lipinski definition) is 7. The lowest BCUT2D eigenvalue weighted by Gasteiger charge is -2.24. The summed E-state index contributed by atoms with van der Waals surface area (Å²) < 4.78 is 23.2. The Morgan fingerprint density at radius 1 is 1.25 bits per heavy atom. The highest BCUT2D eigenvalue weighted by Crippen LogP contribution is 2.40. The van der Waals surface area contributed by atoms with Crippen LogP contribution in [-0.4, -0.2) is 47.3 Å². The Labute approximate surface area is 186 Å². The number of aromatic amines is 1. The van der Waals surface area contributed by atoms with Gasteiger partial charge in [0.1, 0.15) is 28.9 Å². The lowest BCUT2D eigenvalue weighted by molar-refractivity contribution is -0.149. The van der Waals surface area contributed by atoms with Crippen LogP contribution in [0.2, 0.25) is 0 Å². The topological polar surface area (TPSA) is 95.6 Å². The quantitative estimate of drug-likeness (QED) is 0.556. The zero-order chi connectivity index (χ0) is 22.3. The summed E-state index contributed by atoms with van der Waals surface area (Å²) in [5, 5.41) is 0. The zero-order valence-corrected chi connectivity index (χ0v) is 18.6. The molecule has 1 N–H and O–H groups in total. The van der Waals surface area contributed by atoms with Gasteiger partial charge in [-0.15, -0.1) is 0 Å². The Bertz CT molecular complexity index is 1160. The molecule has 0 unspecified atom stereocenters. The number of aromatic nitrogens is 3.